The average Bonchev–Trinajstić information content (AvgIpc) is 1.94. The van der Waals surface area contributed by atoms with Crippen LogP contribution in [0.3, 0.4) is 0 Å². The van der Waals surface area contributed by atoms with E-state index in [4.69, 9.17) is 0 Å². The number of rotatable bonds is 0. The van der Waals surface area contributed by atoms with Gasteiger partial charge < -0.3 is 0 Å². The van der Waals surface area contributed by atoms with Crippen LogP contribution in [0.4, 0.5) is 26.3 Å². The molecule has 1 unspecified atom stereocenters. The van der Waals surface area contributed by atoms with Crippen molar-refractivity contribution in [3.8, 4) is 0 Å². The Morgan fingerprint density at radius 3 is 1.50 bits per heavy atom. The van der Waals surface area contributed by atoms with Crippen LogP contribution in [0, 0.1) is 0 Å². The molecule has 0 spiro atoms. The summed E-state index contributed by atoms with van der Waals surface area (Å²) in [5, 5.41) is 0. The van der Waals surface area contributed by atoms with Gasteiger partial charge in [-0.2, -0.15) is 26.3 Å². The van der Waals surface area contributed by atoms with Gasteiger partial charge in [0.25, 0.3) is 0 Å². The minimum Gasteiger partial charge on any atom is -0.300 e. The fourth-order valence-corrected chi connectivity index (χ4v) is 1.02. The van der Waals surface area contributed by atoms with Gasteiger partial charge in [-0.05, 0) is 13.8 Å². The van der Waals surface area contributed by atoms with Crippen LogP contribution in [0.2, 0.25) is 0 Å². The summed E-state index contributed by atoms with van der Waals surface area (Å²) >= 11 is 0. The molecule has 1 atom stereocenters. The molecule has 0 N–H and O–H groups in total. The van der Waals surface area contributed by atoms with Crippen molar-refractivity contribution in [3.63, 3.8) is 0 Å². The molecule has 0 radical (unpaired) electrons. The van der Waals surface area contributed by atoms with Gasteiger partial charge in [0, 0.05) is 0 Å². The summed E-state index contributed by atoms with van der Waals surface area (Å²) in [6.07, 6.45) is -10.9. The highest BCUT2D eigenvalue weighted by Crippen LogP contribution is 2.54. The van der Waals surface area contributed by atoms with E-state index in [2.05, 4.69) is 9.47 Å². The highest BCUT2D eigenvalue weighted by Gasteiger charge is 2.81. The quantitative estimate of drug-likeness (QED) is 0.589. The maximum absolute atomic E-state index is 12.9. The van der Waals surface area contributed by atoms with Crippen LogP contribution in [0.25, 0.3) is 0 Å². The van der Waals surface area contributed by atoms with Crippen molar-refractivity contribution >= 4 is 0 Å². The molecular weight excluding hydrogens is 218 g/mol. The predicted octanol–water partition coefficient (Wildman–Crippen LogP) is 2.59. The molecule has 84 valence electrons. The van der Waals surface area contributed by atoms with Gasteiger partial charge in [0.1, 0.15) is 0 Å². The van der Waals surface area contributed by atoms with Gasteiger partial charge >= 0.3 is 18.1 Å². The molecule has 0 aromatic heterocycles. The Balaban J connectivity index is 3.12. The number of ether oxygens (including phenoxy) is 2. The van der Waals surface area contributed by atoms with E-state index in [0.717, 1.165) is 13.8 Å². The van der Waals surface area contributed by atoms with E-state index in [1.165, 1.54) is 0 Å². The Morgan fingerprint density at radius 2 is 1.36 bits per heavy atom. The summed E-state index contributed by atoms with van der Waals surface area (Å²) in [5.41, 5.74) is 0. The zero-order valence-electron chi connectivity index (χ0n) is 7.08. The Labute approximate surface area is 74.8 Å². The van der Waals surface area contributed by atoms with Crippen LogP contribution in [0.15, 0.2) is 0 Å². The molecule has 1 rings (SSSR count). The molecule has 1 saturated heterocycles. The van der Waals surface area contributed by atoms with Gasteiger partial charge in [0.2, 0.25) is 0 Å². The average molecular weight is 224 g/mol. The van der Waals surface area contributed by atoms with Crippen LogP contribution in [-0.2, 0) is 9.47 Å². The topological polar surface area (TPSA) is 18.5 Å². The second kappa shape index (κ2) is 2.54. The third-order valence-corrected chi connectivity index (χ3v) is 1.50. The summed E-state index contributed by atoms with van der Waals surface area (Å²) in [6, 6.07) is 0. The highest BCUT2D eigenvalue weighted by atomic mass is 19.4. The van der Waals surface area contributed by atoms with E-state index in [1.807, 2.05) is 0 Å². The third-order valence-electron chi connectivity index (χ3n) is 1.50. The Hall–Kier alpha value is -0.500. The summed E-state index contributed by atoms with van der Waals surface area (Å²) < 4.78 is 80.8. The zero-order valence-corrected chi connectivity index (χ0v) is 7.08. The largest absolute Gasteiger partial charge is 0.458 e. The number of hydrogen-bond acceptors (Lipinski definition) is 2. The summed E-state index contributed by atoms with van der Waals surface area (Å²) in [5.74, 6) is -7.42. The monoisotopic (exact) mass is 224 g/mol. The van der Waals surface area contributed by atoms with Crippen molar-refractivity contribution in [3.05, 3.63) is 0 Å². The fraction of sp³-hybridized carbons (Fsp3) is 1.00. The van der Waals surface area contributed by atoms with Crippen LogP contribution in [0.5, 0.6) is 0 Å². The number of hydrogen-bond donors (Lipinski definition) is 0. The Kier molecular flexibility index (Phi) is 2.10. The molecule has 1 aliphatic heterocycles. The van der Waals surface area contributed by atoms with E-state index < -0.39 is 23.9 Å². The second-order valence-electron chi connectivity index (χ2n) is 3.21. The fourth-order valence-electron chi connectivity index (χ4n) is 1.02. The first kappa shape index (κ1) is 11.6. The molecule has 1 fully saturated rings. The van der Waals surface area contributed by atoms with Crippen molar-refractivity contribution in [1.82, 2.24) is 0 Å². The van der Waals surface area contributed by atoms with Crippen LogP contribution in [-0.4, -0.2) is 23.9 Å². The molecule has 2 nitrogen and oxygen atoms in total. The zero-order chi connectivity index (χ0) is 11.4. The van der Waals surface area contributed by atoms with E-state index in [9.17, 15) is 26.3 Å². The molecule has 0 saturated carbocycles. The van der Waals surface area contributed by atoms with Crippen molar-refractivity contribution in [2.24, 2.45) is 0 Å². The molecule has 14 heavy (non-hydrogen) atoms. The summed E-state index contributed by atoms with van der Waals surface area (Å²) in [6.45, 7) is 1.52. The van der Waals surface area contributed by atoms with Gasteiger partial charge in [-0.15, -0.1) is 0 Å². The maximum Gasteiger partial charge on any atom is 0.458 e. The van der Waals surface area contributed by atoms with Crippen LogP contribution < -0.4 is 0 Å². The molecular formula is C6H6F6O2. The lowest BCUT2D eigenvalue weighted by Gasteiger charge is -2.25. The van der Waals surface area contributed by atoms with Gasteiger partial charge in [-0.25, -0.2) is 0 Å². The first-order valence-corrected chi connectivity index (χ1v) is 3.45. The molecule has 0 amide bonds. The van der Waals surface area contributed by atoms with Crippen molar-refractivity contribution in [1.29, 1.82) is 0 Å². The second-order valence-corrected chi connectivity index (χ2v) is 3.21. The van der Waals surface area contributed by atoms with Gasteiger partial charge in [-0.3, -0.25) is 9.47 Å². The molecule has 8 heteroatoms. The van der Waals surface area contributed by atoms with Crippen molar-refractivity contribution in [2.75, 3.05) is 0 Å². The predicted molar refractivity (Wildman–Crippen MR) is 31.1 cm³/mol. The molecule has 0 aliphatic carbocycles. The maximum atomic E-state index is 12.9. The first-order valence-electron chi connectivity index (χ1n) is 3.45. The van der Waals surface area contributed by atoms with Crippen molar-refractivity contribution in [2.45, 2.75) is 37.8 Å². The molecule has 1 heterocycles. The standard InChI is InChI=1S/C6H6F6O2/c1-3(2)13-4(7,5(8,9)10)6(11,12)14-3/h1-2H3. The Bertz CT molecular complexity index is 247. The summed E-state index contributed by atoms with van der Waals surface area (Å²) in [7, 11) is 0. The lowest BCUT2D eigenvalue weighted by Crippen LogP contribution is -2.53. The molecule has 0 aromatic carbocycles. The lowest BCUT2D eigenvalue weighted by atomic mass is 10.3. The number of halogens is 6. The van der Waals surface area contributed by atoms with Crippen molar-refractivity contribution < 1.29 is 35.8 Å². The minimum atomic E-state index is -5.86. The number of alkyl halides is 6. The smallest absolute Gasteiger partial charge is 0.300 e. The highest BCUT2D eigenvalue weighted by molar-refractivity contribution is 4.93. The molecule has 0 bridgehead atoms. The first-order chi connectivity index (χ1) is 5.91. The van der Waals surface area contributed by atoms with Gasteiger partial charge in [0.15, 0.2) is 5.79 Å². The van der Waals surface area contributed by atoms with E-state index in [0.29, 0.717) is 0 Å². The third kappa shape index (κ3) is 1.46. The van der Waals surface area contributed by atoms with Crippen LogP contribution in [0.1, 0.15) is 13.8 Å². The molecule has 1 aliphatic rings. The SMILES string of the molecule is CC1(C)OC(F)(F)C(F)(C(F)(F)F)O1. The van der Waals surface area contributed by atoms with E-state index >= 15 is 0 Å². The van der Waals surface area contributed by atoms with E-state index in [1.54, 1.807) is 0 Å². The lowest BCUT2D eigenvalue weighted by molar-refractivity contribution is -0.394. The molecule has 0 aromatic rings. The normalized spacial score (nSPS) is 36.0. The van der Waals surface area contributed by atoms with Gasteiger partial charge in [0.05, 0.1) is 0 Å². The summed E-state index contributed by atoms with van der Waals surface area (Å²) in [4.78, 5) is 0. The minimum absolute atomic E-state index is 0.758. The van der Waals surface area contributed by atoms with Crippen LogP contribution >= 0.6 is 0 Å². The van der Waals surface area contributed by atoms with Gasteiger partial charge in [-0.1, -0.05) is 0 Å². The van der Waals surface area contributed by atoms with E-state index in [-0.39, 0.29) is 0 Å². The Morgan fingerprint density at radius 1 is 0.929 bits per heavy atom.